The first-order chi connectivity index (χ1) is 8.26. The second kappa shape index (κ2) is 6.35. The summed E-state index contributed by atoms with van der Waals surface area (Å²) in [5, 5.41) is 0.690. The summed E-state index contributed by atoms with van der Waals surface area (Å²) in [4.78, 5) is 11.9. The van der Waals surface area contributed by atoms with Gasteiger partial charge in [0.05, 0.1) is 0 Å². The van der Waals surface area contributed by atoms with Crippen molar-refractivity contribution in [2.75, 3.05) is 0 Å². The van der Waals surface area contributed by atoms with Crippen LogP contribution in [0.25, 0.3) is 0 Å². The van der Waals surface area contributed by atoms with Crippen LogP contribution in [0.3, 0.4) is 0 Å². The molecule has 2 nitrogen and oxygen atoms in total. The highest BCUT2D eigenvalue weighted by atomic mass is 35.5. The Morgan fingerprint density at radius 3 is 2.33 bits per heavy atom. The predicted octanol–water partition coefficient (Wildman–Crippen LogP) is 3.61. The topological polar surface area (TPSA) is 43.1 Å². The molecule has 18 heavy (non-hydrogen) atoms. The molecule has 0 aliphatic heterocycles. The third-order valence-corrected chi connectivity index (χ3v) is 2.93. The Labute approximate surface area is 115 Å². The minimum atomic E-state index is -0.0511. The van der Waals surface area contributed by atoms with Crippen molar-refractivity contribution in [1.82, 2.24) is 0 Å². The summed E-state index contributed by atoms with van der Waals surface area (Å²) in [6.45, 7) is 6.41. The Hall–Kier alpha value is -0.860. The third-order valence-electron chi connectivity index (χ3n) is 2.68. The fraction of sp³-hybridized carbons (Fsp3) is 0.533. The van der Waals surface area contributed by atoms with Crippen LogP contribution in [0.5, 0.6) is 0 Å². The lowest BCUT2D eigenvalue weighted by Crippen LogP contribution is -2.29. The van der Waals surface area contributed by atoms with E-state index in [9.17, 15) is 4.79 Å². The molecule has 0 radical (unpaired) electrons. The van der Waals surface area contributed by atoms with E-state index in [-0.39, 0.29) is 17.2 Å². The molecule has 1 rings (SSSR count). The van der Waals surface area contributed by atoms with Gasteiger partial charge in [0.1, 0.15) is 5.78 Å². The van der Waals surface area contributed by atoms with E-state index in [1.807, 2.05) is 12.1 Å². The Balaban J connectivity index is 2.44. The average molecular weight is 268 g/mol. The lowest BCUT2D eigenvalue weighted by Gasteiger charge is -2.22. The highest BCUT2D eigenvalue weighted by Crippen LogP contribution is 2.21. The molecular formula is C15H22ClNO. The number of ketones is 1. The van der Waals surface area contributed by atoms with Crippen LogP contribution >= 0.6 is 11.6 Å². The first-order valence-corrected chi connectivity index (χ1v) is 6.66. The maximum atomic E-state index is 11.9. The van der Waals surface area contributed by atoms with E-state index in [4.69, 9.17) is 17.3 Å². The van der Waals surface area contributed by atoms with Crippen LogP contribution in [0.15, 0.2) is 24.3 Å². The molecule has 0 saturated carbocycles. The van der Waals surface area contributed by atoms with Gasteiger partial charge in [-0.15, -0.1) is 0 Å². The number of halogens is 1. The van der Waals surface area contributed by atoms with E-state index in [2.05, 4.69) is 20.8 Å². The number of benzene rings is 1. The third kappa shape index (κ3) is 6.18. The molecule has 100 valence electrons. The largest absolute Gasteiger partial charge is 0.327 e. The predicted molar refractivity (Wildman–Crippen MR) is 76.8 cm³/mol. The van der Waals surface area contributed by atoms with Gasteiger partial charge in [-0.2, -0.15) is 0 Å². The van der Waals surface area contributed by atoms with Crippen LogP contribution in [0, 0.1) is 5.41 Å². The summed E-state index contributed by atoms with van der Waals surface area (Å²) >= 11 is 5.80. The molecule has 2 N–H and O–H groups in total. The van der Waals surface area contributed by atoms with Gasteiger partial charge in [0.15, 0.2) is 0 Å². The highest BCUT2D eigenvalue weighted by molar-refractivity contribution is 6.30. The van der Waals surface area contributed by atoms with Crippen molar-refractivity contribution in [2.24, 2.45) is 11.1 Å². The first-order valence-electron chi connectivity index (χ1n) is 6.28. The number of nitrogens with two attached hydrogens (primary N) is 1. The van der Waals surface area contributed by atoms with Gasteiger partial charge >= 0.3 is 0 Å². The second-order valence-corrected chi connectivity index (χ2v) is 6.51. The molecule has 0 fully saturated rings. The number of hydrogen-bond donors (Lipinski definition) is 1. The van der Waals surface area contributed by atoms with Gasteiger partial charge in [-0.3, -0.25) is 4.79 Å². The van der Waals surface area contributed by atoms with E-state index in [1.54, 1.807) is 12.1 Å². The SMILES string of the molecule is CC(C)(C)CC(N)CC(=O)Cc1ccc(Cl)cc1. The monoisotopic (exact) mass is 267 g/mol. The molecule has 1 unspecified atom stereocenters. The average Bonchev–Trinajstić information content (AvgIpc) is 2.18. The molecule has 0 saturated heterocycles. The van der Waals surface area contributed by atoms with E-state index in [0.717, 1.165) is 12.0 Å². The fourth-order valence-electron chi connectivity index (χ4n) is 2.05. The smallest absolute Gasteiger partial charge is 0.138 e. The van der Waals surface area contributed by atoms with E-state index in [0.29, 0.717) is 17.9 Å². The quantitative estimate of drug-likeness (QED) is 0.886. The van der Waals surface area contributed by atoms with E-state index >= 15 is 0 Å². The maximum Gasteiger partial charge on any atom is 0.138 e. The molecular weight excluding hydrogens is 246 g/mol. The molecule has 0 heterocycles. The van der Waals surface area contributed by atoms with E-state index in [1.165, 1.54) is 0 Å². The van der Waals surface area contributed by atoms with Gasteiger partial charge < -0.3 is 5.73 Å². The van der Waals surface area contributed by atoms with Gasteiger partial charge in [0.25, 0.3) is 0 Å². The van der Waals surface area contributed by atoms with Crippen LogP contribution in [-0.4, -0.2) is 11.8 Å². The molecule has 0 aromatic heterocycles. The number of Topliss-reactive ketones (excluding diaryl/α,β-unsaturated/α-hetero) is 1. The number of carbonyl (C=O) groups is 1. The zero-order valence-corrected chi connectivity index (χ0v) is 12.1. The number of carbonyl (C=O) groups excluding carboxylic acids is 1. The van der Waals surface area contributed by atoms with Crippen LogP contribution in [-0.2, 0) is 11.2 Å². The minimum Gasteiger partial charge on any atom is -0.327 e. The molecule has 0 aliphatic carbocycles. The molecule has 0 amide bonds. The molecule has 0 spiro atoms. The summed E-state index contributed by atoms with van der Waals surface area (Å²) in [6, 6.07) is 7.33. The van der Waals surface area contributed by atoms with Gasteiger partial charge in [-0.1, -0.05) is 44.5 Å². The van der Waals surface area contributed by atoms with Crippen molar-refractivity contribution >= 4 is 17.4 Å². The lowest BCUT2D eigenvalue weighted by molar-refractivity contribution is -0.118. The zero-order valence-electron chi connectivity index (χ0n) is 11.4. The Bertz CT molecular complexity index is 392. The summed E-state index contributed by atoms with van der Waals surface area (Å²) < 4.78 is 0. The molecule has 0 bridgehead atoms. The lowest BCUT2D eigenvalue weighted by atomic mass is 9.86. The van der Waals surface area contributed by atoms with Crippen molar-refractivity contribution in [3.8, 4) is 0 Å². The zero-order chi connectivity index (χ0) is 13.8. The first kappa shape index (κ1) is 15.2. The van der Waals surface area contributed by atoms with Gasteiger partial charge in [0, 0.05) is 23.9 Å². The van der Waals surface area contributed by atoms with Crippen LogP contribution < -0.4 is 5.73 Å². The summed E-state index contributed by atoms with van der Waals surface area (Å²) in [5.41, 5.74) is 7.16. The normalized spacial score (nSPS) is 13.4. The van der Waals surface area contributed by atoms with Crippen molar-refractivity contribution in [3.63, 3.8) is 0 Å². The van der Waals surface area contributed by atoms with Gasteiger partial charge in [-0.05, 0) is 29.5 Å². The van der Waals surface area contributed by atoms with Crippen LogP contribution in [0.1, 0.15) is 39.2 Å². The van der Waals surface area contributed by atoms with E-state index < -0.39 is 0 Å². The summed E-state index contributed by atoms with van der Waals surface area (Å²) in [6.07, 6.45) is 1.74. The second-order valence-electron chi connectivity index (χ2n) is 6.07. The Morgan fingerprint density at radius 1 is 1.28 bits per heavy atom. The Kier molecular flexibility index (Phi) is 5.36. The number of hydrogen-bond acceptors (Lipinski definition) is 2. The Morgan fingerprint density at radius 2 is 1.83 bits per heavy atom. The summed E-state index contributed by atoms with van der Waals surface area (Å²) in [5.74, 6) is 0.189. The molecule has 1 atom stereocenters. The van der Waals surface area contributed by atoms with Crippen molar-refractivity contribution in [2.45, 2.75) is 46.1 Å². The maximum absolute atomic E-state index is 11.9. The molecule has 3 heteroatoms. The minimum absolute atomic E-state index is 0.0511. The molecule has 1 aromatic rings. The fourth-order valence-corrected chi connectivity index (χ4v) is 2.18. The van der Waals surface area contributed by atoms with Crippen molar-refractivity contribution in [3.05, 3.63) is 34.9 Å². The number of rotatable bonds is 5. The molecule has 1 aromatic carbocycles. The van der Waals surface area contributed by atoms with Crippen molar-refractivity contribution in [1.29, 1.82) is 0 Å². The van der Waals surface area contributed by atoms with Crippen LogP contribution in [0.4, 0.5) is 0 Å². The van der Waals surface area contributed by atoms with Crippen molar-refractivity contribution < 1.29 is 4.79 Å². The highest BCUT2D eigenvalue weighted by Gasteiger charge is 2.18. The molecule has 0 aliphatic rings. The van der Waals surface area contributed by atoms with Crippen LogP contribution in [0.2, 0.25) is 5.02 Å². The summed E-state index contributed by atoms with van der Waals surface area (Å²) in [7, 11) is 0. The standard InChI is InChI=1S/C15H22ClNO/c1-15(2,3)10-13(17)9-14(18)8-11-4-6-12(16)7-5-11/h4-7,13H,8-10,17H2,1-3H3. The van der Waals surface area contributed by atoms with Gasteiger partial charge in [-0.25, -0.2) is 0 Å². The van der Waals surface area contributed by atoms with Gasteiger partial charge in [0.2, 0.25) is 0 Å².